The van der Waals surface area contributed by atoms with Gasteiger partial charge in [0.2, 0.25) is 0 Å². The Morgan fingerprint density at radius 3 is 3.10 bits per heavy atom. The first-order valence-corrected chi connectivity index (χ1v) is 3.75. The van der Waals surface area contributed by atoms with Crippen molar-refractivity contribution in [2.75, 3.05) is 5.75 Å². The van der Waals surface area contributed by atoms with Crippen LogP contribution in [0.4, 0.5) is 0 Å². The van der Waals surface area contributed by atoms with E-state index in [4.69, 9.17) is 0 Å². The van der Waals surface area contributed by atoms with Crippen LogP contribution in [0.25, 0.3) is 6.08 Å². The van der Waals surface area contributed by atoms with Crippen molar-refractivity contribution < 1.29 is 0 Å². The number of hydrogen-bond acceptors (Lipinski definition) is 2. The van der Waals surface area contributed by atoms with Crippen molar-refractivity contribution in [3.8, 4) is 0 Å². The highest BCUT2D eigenvalue weighted by Gasteiger charge is 1.91. The molecule has 0 amide bonds. The molecular weight excluding hydrogens is 144 g/mol. The van der Waals surface area contributed by atoms with Gasteiger partial charge >= 0.3 is 0 Å². The van der Waals surface area contributed by atoms with Gasteiger partial charge in [0.1, 0.15) is 0 Å². The summed E-state index contributed by atoms with van der Waals surface area (Å²) in [5.41, 5.74) is 2.23. The predicted octanol–water partition coefficient (Wildman–Crippen LogP) is 1.66. The molecule has 0 bridgehead atoms. The van der Waals surface area contributed by atoms with E-state index in [2.05, 4.69) is 22.8 Å². The van der Waals surface area contributed by atoms with E-state index in [1.807, 2.05) is 19.1 Å². The van der Waals surface area contributed by atoms with E-state index < -0.39 is 0 Å². The molecule has 54 valence electrons. The maximum absolute atomic E-state index is 4.05. The van der Waals surface area contributed by atoms with Crippen LogP contribution in [0.5, 0.6) is 0 Å². The maximum atomic E-state index is 4.05. The van der Waals surface area contributed by atoms with E-state index in [1.165, 1.54) is 0 Å². The molecule has 0 saturated heterocycles. The van der Waals surface area contributed by atoms with Crippen LogP contribution in [0.15, 0.2) is 12.3 Å². The number of nitrogens with zero attached hydrogens (tertiary/aromatic N) is 1. The molecular formula is C7H10N2S. The average molecular weight is 154 g/mol. The third kappa shape index (κ3) is 1.64. The lowest BCUT2D eigenvalue weighted by molar-refractivity contribution is 1.05. The first kappa shape index (κ1) is 7.41. The number of aryl methyl sites for hydroxylation is 1. The molecule has 1 N–H and O–H groups in total. The molecule has 0 aliphatic rings. The van der Waals surface area contributed by atoms with Crippen LogP contribution in [0.3, 0.4) is 0 Å². The summed E-state index contributed by atoms with van der Waals surface area (Å²) in [6.45, 7) is 1.99. The SMILES string of the molecule is Cc1[nH]ncc1/C=C/CS. The number of nitrogens with one attached hydrogen (secondary N) is 1. The number of aromatic nitrogens is 2. The zero-order chi connectivity index (χ0) is 7.40. The summed E-state index contributed by atoms with van der Waals surface area (Å²) in [7, 11) is 0. The van der Waals surface area contributed by atoms with E-state index in [0.29, 0.717) is 0 Å². The summed E-state index contributed by atoms with van der Waals surface area (Å²) < 4.78 is 0. The van der Waals surface area contributed by atoms with E-state index >= 15 is 0 Å². The fraction of sp³-hybridized carbons (Fsp3) is 0.286. The third-order valence-electron chi connectivity index (χ3n) is 1.27. The normalized spacial score (nSPS) is 11.0. The van der Waals surface area contributed by atoms with Crippen molar-refractivity contribution >= 4 is 18.7 Å². The second-order valence-corrected chi connectivity index (χ2v) is 2.40. The van der Waals surface area contributed by atoms with Gasteiger partial charge in [-0.15, -0.1) is 0 Å². The standard InChI is InChI=1S/C7H10N2S/c1-6-7(3-2-4-10)5-8-9-6/h2-3,5,10H,4H2,1H3,(H,8,9)/b3-2+. The van der Waals surface area contributed by atoms with Gasteiger partial charge in [0.05, 0.1) is 6.20 Å². The molecule has 0 saturated carbocycles. The second-order valence-electron chi connectivity index (χ2n) is 2.04. The number of H-pyrrole nitrogens is 1. The fourth-order valence-electron chi connectivity index (χ4n) is 0.708. The molecule has 0 spiro atoms. The summed E-state index contributed by atoms with van der Waals surface area (Å²) in [6.07, 6.45) is 5.79. The first-order chi connectivity index (χ1) is 4.84. The van der Waals surface area contributed by atoms with Crippen molar-refractivity contribution in [3.05, 3.63) is 23.5 Å². The summed E-state index contributed by atoms with van der Waals surface area (Å²) in [4.78, 5) is 0. The molecule has 0 atom stereocenters. The minimum absolute atomic E-state index is 0.768. The minimum Gasteiger partial charge on any atom is -0.282 e. The summed E-state index contributed by atoms with van der Waals surface area (Å²) in [5, 5.41) is 6.72. The summed E-state index contributed by atoms with van der Waals surface area (Å²) >= 11 is 4.05. The number of hydrogen-bond donors (Lipinski definition) is 2. The molecule has 3 heteroatoms. The van der Waals surface area contributed by atoms with Gasteiger partial charge in [-0.25, -0.2) is 0 Å². The molecule has 1 aromatic heterocycles. The molecule has 0 radical (unpaired) electrons. The smallest absolute Gasteiger partial charge is 0.0562 e. The van der Waals surface area contributed by atoms with Crippen molar-refractivity contribution in [1.29, 1.82) is 0 Å². The van der Waals surface area contributed by atoms with Gasteiger partial charge in [-0.1, -0.05) is 12.2 Å². The van der Waals surface area contributed by atoms with Gasteiger partial charge in [-0.3, -0.25) is 5.10 Å². The molecule has 0 unspecified atom stereocenters. The molecule has 10 heavy (non-hydrogen) atoms. The Kier molecular flexibility index (Phi) is 2.57. The second kappa shape index (κ2) is 3.46. The van der Waals surface area contributed by atoms with Gasteiger partial charge in [-0.05, 0) is 6.92 Å². The van der Waals surface area contributed by atoms with Crippen LogP contribution < -0.4 is 0 Å². The minimum atomic E-state index is 0.768. The lowest BCUT2D eigenvalue weighted by atomic mass is 10.2. The van der Waals surface area contributed by atoms with Crippen LogP contribution in [0.1, 0.15) is 11.3 Å². The summed E-state index contributed by atoms with van der Waals surface area (Å²) in [5.74, 6) is 0.768. The summed E-state index contributed by atoms with van der Waals surface area (Å²) in [6, 6.07) is 0. The van der Waals surface area contributed by atoms with Crippen LogP contribution in [0.2, 0.25) is 0 Å². The van der Waals surface area contributed by atoms with Gasteiger partial charge < -0.3 is 0 Å². The Morgan fingerprint density at radius 2 is 2.60 bits per heavy atom. The first-order valence-electron chi connectivity index (χ1n) is 3.12. The van der Waals surface area contributed by atoms with Crippen LogP contribution in [-0.4, -0.2) is 16.0 Å². The number of aromatic amines is 1. The Labute approximate surface area is 65.8 Å². The molecule has 1 heterocycles. The van der Waals surface area contributed by atoms with Crippen LogP contribution in [-0.2, 0) is 0 Å². The Bertz CT molecular complexity index is 227. The molecule has 0 aliphatic heterocycles. The van der Waals surface area contributed by atoms with Crippen molar-refractivity contribution in [3.63, 3.8) is 0 Å². The number of rotatable bonds is 2. The van der Waals surface area contributed by atoms with Crippen molar-refractivity contribution in [2.24, 2.45) is 0 Å². The Morgan fingerprint density at radius 1 is 1.80 bits per heavy atom. The lowest BCUT2D eigenvalue weighted by Gasteiger charge is -1.85. The largest absolute Gasteiger partial charge is 0.282 e. The molecule has 0 aromatic carbocycles. The zero-order valence-electron chi connectivity index (χ0n) is 5.83. The highest BCUT2D eigenvalue weighted by molar-refractivity contribution is 7.80. The van der Waals surface area contributed by atoms with E-state index in [-0.39, 0.29) is 0 Å². The topological polar surface area (TPSA) is 28.7 Å². The molecule has 1 aromatic rings. The van der Waals surface area contributed by atoms with Gasteiger partial charge in [0.25, 0.3) is 0 Å². The average Bonchev–Trinajstić information content (AvgIpc) is 2.31. The third-order valence-corrected chi connectivity index (χ3v) is 1.48. The molecule has 1 rings (SSSR count). The van der Waals surface area contributed by atoms with Gasteiger partial charge in [0.15, 0.2) is 0 Å². The highest BCUT2D eigenvalue weighted by atomic mass is 32.1. The fourth-order valence-corrected chi connectivity index (χ4v) is 0.813. The molecule has 0 fully saturated rings. The van der Waals surface area contributed by atoms with E-state index in [1.54, 1.807) is 6.20 Å². The van der Waals surface area contributed by atoms with E-state index in [0.717, 1.165) is 17.0 Å². The van der Waals surface area contributed by atoms with Crippen molar-refractivity contribution in [2.45, 2.75) is 6.92 Å². The quantitative estimate of drug-likeness (QED) is 0.623. The maximum Gasteiger partial charge on any atom is 0.0562 e. The van der Waals surface area contributed by atoms with Crippen LogP contribution >= 0.6 is 12.6 Å². The van der Waals surface area contributed by atoms with E-state index in [9.17, 15) is 0 Å². The monoisotopic (exact) mass is 154 g/mol. The molecule has 0 aliphatic carbocycles. The zero-order valence-corrected chi connectivity index (χ0v) is 6.73. The van der Waals surface area contributed by atoms with Crippen LogP contribution in [0, 0.1) is 6.92 Å². The lowest BCUT2D eigenvalue weighted by Crippen LogP contribution is -1.73. The molecule has 2 nitrogen and oxygen atoms in total. The predicted molar refractivity (Wildman–Crippen MR) is 46.2 cm³/mol. The van der Waals surface area contributed by atoms with Gasteiger partial charge in [-0.2, -0.15) is 17.7 Å². The van der Waals surface area contributed by atoms with Gasteiger partial charge in [0, 0.05) is 17.0 Å². The highest BCUT2D eigenvalue weighted by Crippen LogP contribution is 2.04. The Hall–Kier alpha value is -0.700. The Balaban J connectivity index is 2.74. The van der Waals surface area contributed by atoms with Crippen molar-refractivity contribution in [1.82, 2.24) is 10.2 Å². The number of thiol groups is 1.